The molecule has 2 aliphatic heterocycles. The van der Waals surface area contributed by atoms with Crippen LogP contribution in [0.1, 0.15) is 157 Å². The Kier molecular flexibility index (Phi) is 9.76. The van der Waals surface area contributed by atoms with Crippen molar-refractivity contribution in [1.82, 2.24) is 0 Å². The van der Waals surface area contributed by atoms with E-state index in [9.17, 15) is 0 Å². The molecule has 0 unspecified atom stereocenters. The molecule has 66 heavy (non-hydrogen) atoms. The smallest absolute Gasteiger partial charge is 0.257 e. The normalized spacial score (nSPS) is 16.5. The molecule has 3 nitrogen and oxygen atoms in total. The van der Waals surface area contributed by atoms with Gasteiger partial charge in [0.2, 0.25) is 5.88 Å². The molecule has 3 heterocycles. The fraction of sp³-hybridized carbons (Fsp3) is 0.387. The van der Waals surface area contributed by atoms with Crippen LogP contribution in [0.15, 0.2) is 120 Å². The second-order valence-corrected chi connectivity index (χ2v) is 25.4. The van der Waals surface area contributed by atoms with Crippen molar-refractivity contribution in [2.45, 2.75) is 156 Å². The summed E-state index contributed by atoms with van der Waals surface area (Å²) >= 11 is 0. The van der Waals surface area contributed by atoms with Crippen molar-refractivity contribution < 1.29 is 4.42 Å². The van der Waals surface area contributed by atoms with E-state index in [1.807, 2.05) is 0 Å². The molecule has 7 aromatic rings. The molecule has 3 aliphatic rings. The molecule has 10 rings (SSSR count). The van der Waals surface area contributed by atoms with Gasteiger partial charge in [0.1, 0.15) is 5.58 Å². The Morgan fingerprint density at radius 1 is 0.470 bits per heavy atom. The summed E-state index contributed by atoms with van der Waals surface area (Å²) in [7, 11) is 0. The summed E-state index contributed by atoms with van der Waals surface area (Å²) in [5.74, 6) is 0.922. The van der Waals surface area contributed by atoms with Crippen molar-refractivity contribution in [2.75, 3.05) is 9.80 Å². The highest BCUT2D eigenvalue weighted by molar-refractivity contribution is 7.01. The predicted octanol–water partition coefficient (Wildman–Crippen LogP) is 15.7. The Hall–Kier alpha value is -5.48. The summed E-state index contributed by atoms with van der Waals surface area (Å²) in [6, 6.07) is 45.0. The number of furan rings is 1. The largest absolute Gasteiger partial charge is 0.440 e. The van der Waals surface area contributed by atoms with Crippen LogP contribution in [-0.4, -0.2) is 6.71 Å². The van der Waals surface area contributed by atoms with Crippen LogP contribution in [-0.2, 0) is 32.5 Å². The first kappa shape index (κ1) is 44.4. The summed E-state index contributed by atoms with van der Waals surface area (Å²) in [6.07, 6.45) is 2.30. The van der Waals surface area contributed by atoms with Gasteiger partial charge in [0.15, 0.2) is 0 Å². The number of benzene rings is 6. The van der Waals surface area contributed by atoms with E-state index < -0.39 is 0 Å². The molecular formula is C62H71BN2O. The van der Waals surface area contributed by atoms with Gasteiger partial charge < -0.3 is 9.32 Å². The fourth-order valence-corrected chi connectivity index (χ4v) is 11.1. The van der Waals surface area contributed by atoms with E-state index in [2.05, 4.69) is 236 Å². The van der Waals surface area contributed by atoms with Crippen molar-refractivity contribution in [2.24, 2.45) is 0 Å². The molecule has 0 fully saturated rings. The Balaban J connectivity index is 1.40. The Morgan fingerprint density at radius 3 is 1.59 bits per heavy atom. The van der Waals surface area contributed by atoms with Crippen LogP contribution >= 0.6 is 0 Å². The van der Waals surface area contributed by atoms with Crippen LogP contribution in [0.5, 0.6) is 0 Å². The van der Waals surface area contributed by atoms with Gasteiger partial charge in [-0.25, -0.2) is 0 Å². The molecule has 0 atom stereocenters. The summed E-state index contributed by atoms with van der Waals surface area (Å²) in [6.45, 7) is 37.7. The summed E-state index contributed by atoms with van der Waals surface area (Å²) in [5.41, 5.74) is 21.4. The third-order valence-electron chi connectivity index (χ3n) is 15.6. The van der Waals surface area contributed by atoms with Gasteiger partial charge in [-0.1, -0.05) is 171 Å². The molecular weight excluding hydrogens is 800 g/mol. The summed E-state index contributed by atoms with van der Waals surface area (Å²) < 4.78 is 7.35. The Morgan fingerprint density at radius 2 is 1.00 bits per heavy atom. The van der Waals surface area contributed by atoms with Crippen LogP contribution < -0.4 is 26.2 Å². The zero-order chi connectivity index (χ0) is 47.3. The first-order chi connectivity index (χ1) is 30.7. The molecule has 1 aliphatic carbocycles. The highest BCUT2D eigenvalue weighted by atomic mass is 16.4. The lowest BCUT2D eigenvalue weighted by Crippen LogP contribution is -2.61. The van der Waals surface area contributed by atoms with Gasteiger partial charge in [0.25, 0.3) is 6.71 Å². The molecule has 0 saturated carbocycles. The lowest BCUT2D eigenvalue weighted by Gasteiger charge is -2.47. The number of hydrogen-bond acceptors (Lipinski definition) is 3. The van der Waals surface area contributed by atoms with Gasteiger partial charge in [0, 0.05) is 39.2 Å². The maximum absolute atomic E-state index is 7.35. The fourth-order valence-electron chi connectivity index (χ4n) is 11.1. The van der Waals surface area contributed by atoms with Gasteiger partial charge in [0.05, 0.1) is 5.69 Å². The van der Waals surface area contributed by atoms with Crippen LogP contribution in [0.3, 0.4) is 0 Å². The van der Waals surface area contributed by atoms with Crippen molar-refractivity contribution in [3.8, 4) is 11.1 Å². The standard InChI is InChI=1S/C62H71BN2O/c1-57(2,3)39-22-26-43(27-23-39)64-51-34-42(60(10,11)12)35-52-55(51)63(54-45-33-41(59(7,8)9)25-29-53(45)66-56(54)64)48-36-46-47(62(15,16)31-30-61(46,13)14)37-50(48)65(52)49-28-24-40(58(4,5)6)32-44(49)38-20-18-17-19-21-38/h17-29,32-37H,30-31H2,1-16H3. The monoisotopic (exact) mass is 871 g/mol. The van der Waals surface area contributed by atoms with Gasteiger partial charge in [-0.05, 0) is 150 Å². The molecule has 6 aromatic carbocycles. The third-order valence-corrected chi connectivity index (χ3v) is 15.6. The van der Waals surface area contributed by atoms with Gasteiger partial charge in [-0.15, -0.1) is 0 Å². The van der Waals surface area contributed by atoms with Gasteiger partial charge in [-0.3, -0.25) is 4.90 Å². The molecule has 1 aromatic heterocycles. The molecule has 0 N–H and O–H groups in total. The lowest BCUT2D eigenvalue weighted by molar-refractivity contribution is 0.332. The van der Waals surface area contributed by atoms with E-state index in [0.29, 0.717) is 0 Å². The molecule has 0 radical (unpaired) electrons. The van der Waals surface area contributed by atoms with Crippen LogP contribution in [0.4, 0.5) is 34.3 Å². The number of hydrogen-bond donors (Lipinski definition) is 0. The van der Waals surface area contributed by atoms with E-state index in [1.165, 1.54) is 89.0 Å². The topological polar surface area (TPSA) is 19.6 Å². The molecule has 0 amide bonds. The lowest BCUT2D eigenvalue weighted by atomic mass is 9.33. The SMILES string of the molecule is CC(C)(C)c1ccc(N2c3cc(C(C)(C)C)cc4c3B(c3cc5c(cc3N4c3ccc(C(C)(C)C)cc3-c3ccccc3)C(C)(C)CCC5(C)C)c3c2oc2ccc(C(C)(C)C)cc32)cc1. The second kappa shape index (κ2) is 14.5. The zero-order valence-corrected chi connectivity index (χ0v) is 42.8. The van der Waals surface area contributed by atoms with Crippen molar-refractivity contribution >= 4 is 68.4 Å². The maximum Gasteiger partial charge on any atom is 0.257 e. The molecule has 4 heteroatoms. The first-order valence-electron chi connectivity index (χ1n) is 24.6. The average Bonchev–Trinajstić information content (AvgIpc) is 3.62. The second-order valence-electron chi connectivity index (χ2n) is 25.4. The van der Waals surface area contributed by atoms with Crippen LogP contribution in [0, 0.1) is 0 Å². The minimum atomic E-state index is -0.148. The quantitative estimate of drug-likeness (QED) is 0.165. The highest BCUT2D eigenvalue weighted by Gasteiger charge is 2.49. The predicted molar refractivity (Wildman–Crippen MR) is 286 cm³/mol. The van der Waals surface area contributed by atoms with Crippen LogP contribution in [0.2, 0.25) is 0 Å². The van der Waals surface area contributed by atoms with E-state index in [4.69, 9.17) is 4.42 Å². The minimum absolute atomic E-state index is 0.0142. The first-order valence-corrected chi connectivity index (χ1v) is 24.6. The van der Waals surface area contributed by atoms with Crippen molar-refractivity contribution in [1.29, 1.82) is 0 Å². The average molecular weight is 871 g/mol. The van der Waals surface area contributed by atoms with E-state index in [-0.39, 0.29) is 39.2 Å². The van der Waals surface area contributed by atoms with Gasteiger partial charge >= 0.3 is 0 Å². The third kappa shape index (κ3) is 7.07. The summed E-state index contributed by atoms with van der Waals surface area (Å²) in [5, 5.41) is 1.20. The van der Waals surface area contributed by atoms with E-state index >= 15 is 0 Å². The number of nitrogens with zero attached hydrogens (tertiary/aromatic N) is 2. The van der Waals surface area contributed by atoms with E-state index in [0.717, 1.165) is 30.0 Å². The number of anilines is 6. The van der Waals surface area contributed by atoms with Crippen molar-refractivity contribution in [3.05, 3.63) is 149 Å². The Bertz CT molecular complexity index is 3060. The molecule has 0 bridgehead atoms. The van der Waals surface area contributed by atoms with Crippen LogP contribution in [0.25, 0.3) is 22.1 Å². The number of rotatable bonds is 3. The van der Waals surface area contributed by atoms with Gasteiger partial charge in [-0.2, -0.15) is 0 Å². The Labute approximate surface area is 396 Å². The maximum atomic E-state index is 7.35. The molecule has 338 valence electrons. The van der Waals surface area contributed by atoms with E-state index in [1.54, 1.807) is 0 Å². The van der Waals surface area contributed by atoms with Crippen molar-refractivity contribution in [3.63, 3.8) is 0 Å². The highest BCUT2D eigenvalue weighted by Crippen LogP contribution is 2.53. The minimum Gasteiger partial charge on any atom is -0.440 e. The number of fused-ring (bicyclic) bond motifs is 7. The molecule has 0 spiro atoms. The zero-order valence-electron chi connectivity index (χ0n) is 42.8. The molecule has 0 saturated heterocycles. The summed E-state index contributed by atoms with van der Waals surface area (Å²) in [4.78, 5) is 5.15.